The Kier molecular flexibility index (Phi) is 6.36. The van der Waals surface area contributed by atoms with E-state index in [0.717, 1.165) is 4.90 Å². The van der Waals surface area contributed by atoms with Crippen LogP contribution in [0.3, 0.4) is 0 Å². The Morgan fingerprint density at radius 1 is 0.871 bits per heavy atom. The first-order valence-electron chi connectivity index (χ1n) is 8.89. The van der Waals surface area contributed by atoms with Crippen molar-refractivity contribution >= 4 is 41.2 Å². The summed E-state index contributed by atoms with van der Waals surface area (Å²) < 4.78 is 20.9. The molecule has 10 heteroatoms. The van der Waals surface area contributed by atoms with Gasteiger partial charge in [-0.25, -0.2) is 9.69 Å². The molecule has 0 saturated carbocycles. The molecule has 4 amide bonds. The lowest BCUT2D eigenvalue weighted by Gasteiger charge is -2.28. The quantitative estimate of drug-likeness (QED) is 0.537. The normalized spacial score (nSPS) is 15.1. The van der Waals surface area contributed by atoms with Crippen molar-refractivity contribution in [1.29, 1.82) is 0 Å². The number of hydrogen-bond acceptors (Lipinski definition) is 7. The predicted molar refractivity (Wildman–Crippen MR) is 113 cm³/mol. The molecule has 0 radical (unpaired) electrons. The molecule has 1 N–H and O–H groups in total. The fourth-order valence-corrected chi connectivity index (χ4v) is 3.22. The highest BCUT2D eigenvalue weighted by Crippen LogP contribution is 2.39. The van der Waals surface area contributed by atoms with E-state index in [9.17, 15) is 14.4 Å². The number of hydrogen-bond donors (Lipinski definition) is 1. The molecule has 0 bridgehead atoms. The van der Waals surface area contributed by atoms with Crippen LogP contribution in [0.5, 0.6) is 23.0 Å². The van der Waals surface area contributed by atoms with Gasteiger partial charge in [-0.2, -0.15) is 0 Å². The van der Waals surface area contributed by atoms with Crippen molar-refractivity contribution in [3.8, 4) is 23.0 Å². The summed E-state index contributed by atoms with van der Waals surface area (Å²) in [4.78, 5) is 39.0. The fraction of sp³-hybridized carbons (Fsp3) is 0.190. The summed E-state index contributed by atoms with van der Waals surface area (Å²) in [5, 5.41) is 2.38. The van der Waals surface area contributed by atoms with Crippen LogP contribution in [0.15, 0.2) is 35.9 Å². The average molecular weight is 447 g/mol. The molecular formula is C21H19ClN2O7. The smallest absolute Gasteiger partial charge is 0.336 e. The van der Waals surface area contributed by atoms with Crippen molar-refractivity contribution in [2.75, 3.05) is 33.3 Å². The predicted octanol–water partition coefficient (Wildman–Crippen LogP) is 3.04. The number of nitrogens with one attached hydrogen (secondary N) is 1. The standard InChI is InChI=1S/C21H19ClN2O7/c1-28-12-6-5-11(16(8-12)29-2)7-13-19(25)23-21(27)24(20(13)26)15-10-17(30-3)14(22)9-18(15)31-4/h5-10H,1-4H3,(H,23,25,27). The summed E-state index contributed by atoms with van der Waals surface area (Å²) in [5.41, 5.74) is 0.224. The molecule has 0 atom stereocenters. The lowest BCUT2D eigenvalue weighted by molar-refractivity contribution is -0.122. The van der Waals surface area contributed by atoms with E-state index in [4.69, 9.17) is 30.5 Å². The Bertz CT molecular complexity index is 1100. The third-order valence-electron chi connectivity index (χ3n) is 4.54. The van der Waals surface area contributed by atoms with Gasteiger partial charge in [-0.05, 0) is 18.2 Å². The second-order valence-electron chi connectivity index (χ2n) is 6.22. The number of methoxy groups -OCH3 is 4. The van der Waals surface area contributed by atoms with E-state index in [1.165, 1.54) is 46.6 Å². The molecule has 162 valence electrons. The Labute approximate surface area is 183 Å². The molecule has 2 aromatic rings. The molecule has 1 aliphatic heterocycles. The lowest BCUT2D eigenvalue weighted by atomic mass is 10.1. The highest BCUT2D eigenvalue weighted by atomic mass is 35.5. The van der Waals surface area contributed by atoms with Gasteiger partial charge in [-0.15, -0.1) is 0 Å². The zero-order valence-corrected chi connectivity index (χ0v) is 17.9. The highest BCUT2D eigenvalue weighted by molar-refractivity contribution is 6.39. The maximum atomic E-state index is 13.2. The van der Waals surface area contributed by atoms with Crippen LogP contribution < -0.4 is 29.2 Å². The molecular weight excluding hydrogens is 428 g/mol. The van der Waals surface area contributed by atoms with E-state index in [2.05, 4.69) is 5.32 Å². The number of anilines is 1. The fourth-order valence-electron chi connectivity index (χ4n) is 2.99. The molecule has 9 nitrogen and oxygen atoms in total. The largest absolute Gasteiger partial charge is 0.497 e. The van der Waals surface area contributed by atoms with Crippen molar-refractivity contribution < 1.29 is 33.3 Å². The highest BCUT2D eigenvalue weighted by Gasteiger charge is 2.38. The number of ether oxygens (including phenoxy) is 4. The van der Waals surface area contributed by atoms with Crippen LogP contribution in [-0.2, 0) is 9.59 Å². The third-order valence-corrected chi connectivity index (χ3v) is 4.83. The number of imide groups is 2. The van der Waals surface area contributed by atoms with Gasteiger partial charge in [0.25, 0.3) is 11.8 Å². The first-order chi connectivity index (χ1) is 14.8. The zero-order valence-electron chi connectivity index (χ0n) is 17.1. The van der Waals surface area contributed by atoms with Crippen LogP contribution in [-0.4, -0.2) is 46.3 Å². The maximum Gasteiger partial charge on any atom is 0.336 e. The molecule has 3 rings (SSSR count). The summed E-state index contributed by atoms with van der Waals surface area (Å²) >= 11 is 6.11. The first kappa shape index (κ1) is 22.0. The van der Waals surface area contributed by atoms with Gasteiger partial charge in [-0.3, -0.25) is 14.9 Å². The van der Waals surface area contributed by atoms with Gasteiger partial charge >= 0.3 is 6.03 Å². The van der Waals surface area contributed by atoms with Crippen molar-refractivity contribution in [1.82, 2.24) is 5.32 Å². The number of amides is 4. The maximum absolute atomic E-state index is 13.2. The molecule has 0 unspecified atom stereocenters. The number of urea groups is 1. The minimum absolute atomic E-state index is 0.0614. The van der Waals surface area contributed by atoms with Crippen LogP contribution in [0.1, 0.15) is 5.56 Å². The molecule has 1 saturated heterocycles. The van der Waals surface area contributed by atoms with Gasteiger partial charge in [0, 0.05) is 23.8 Å². The molecule has 0 spiro atoms. The molecule has 0 aromatic heterocycles. The summed E-state index contributed by atoms with van der Waals surface area (Å²) in [7, 11) is 5.70. The van der Waals surface area contributed by atoms with Gasteiger partial charge in [0.15, 0.2) is 0 Å². The summed E-state index contributed by atoms with van der Waals surface area (Å²) in [6.45, 7) is 0. The summed E-state index contributed by atoms with van der Waals surface area (Å²) in [5.74, 6) is -0.421. The molecule has 2 aromatic carbocycles. The third kappa shape index (κ3) is 4.13. The lowest BCUT2D eigenvalue weighted by Crippen LogP contribution is -2.54. The minimum Gasteiger partial charge on any atom is -0.497 e. The van der Waals surface area contributed by atoms with Crippen LogP contribution in [0.2, 0.25) is 5.02 Å². The molecule has 31 heavy (non-hydrogen) atoms. The number of carbonyl (C=O) groups is 3. The van der Waals surface area contributed by atoms with Crippen molar-refractivity contribution in [3.63, 3.8) is 0 Å². The van der Waals surface area contributed by atoms with E-state index in [1.807, 2.05) is 0 Å². The first-order valence-corrected chi connectivity index (χ1v) is 9.27. The number of rotatable bonds is 6. The molecule has 0 aliphatic carbocycles. The van der Waals surface area contributed by atoms with Crippen molar-refractivity contribution in [3.05, 3.63) is 46.5 Å². The monoisotopic (exact) mass is 446 g/mol. The summed E-state index contributed by atoms with van der Waals surface area (Å²) in [6, 6.07) is 6.72. The molecule has 1 fully saturated rings. The van der Waals surface area contributed by atoms with Crippen molar-refractivity contribution in [2.45, 2.75) is 0 Å². The Balaban J connectivity index is 2.11. The van der Waals surface area contributed by atoms with Crippen LogP contribution in [0, 0.1) is 0 Å². The topological polar surface area (TPSA) is 103 Å². The Morgan fingerprint density at radius 2 is 1.55 bits per heavy atom. The second kappa shape index (κ2) is 8.97. The molecule has 1 aliphatic rings. The van der Waals surface area contributed by atoms with Crippen LogP contribution in [0.25, 0.3) is 6.08 Å². The van der Waals surface area contributed by atoms with Crippen LogP contribution in [0.4, 0.5) is 10.5 Å². The minimum atomic E-state index is -0.934. The number of barbiturate groups is 1. The van der Waals surface area contributed by atoms with Gasteiger partial charge < -0.3 is 18.9 Å². The zero-order chi connectivity index (χ0) is 22.7. The van der Waals surface area contributed by atoms with E-state index < -0.39 is 17.8 Å². The Hall–Kier alpha value is -3.72. The van der Waals surface area contributed by atoms with E-state index in [1.54, 1.807) is 18.2 Å². The average Bonchev–Trinajstić information content (AvgIpc) is 2.76. The number of benzene rings is 2. The SMILES string of the molecule is COc1ccc(C=C2C(=O)NC(=O)N(c3cc(OC)c(Cl)cc3OC)C2=O)c(OC)c1. The number of halogens is 1. The van der Waals surface area contributed by atoms with E-state index >= 15 is 0 Å². The van der Waals surface area contributed by atoms with Gasteiger partial charge in [0.05, 0.1) is 39.1 Å². The van der Waals surface area contributed by atoms with E-state index in [0.29, 0.717) is 17.1 Å². The Morgan fingerprint density at radius 3 is 2.16 bits per heavy atom. The van der Waals surface area contributed by atoms with Crippen molar-refractivity contribution in [2.24, 2.45) is 0 Å². The second-order valence-corrected chi connectivity index (χ2v) is 6.63. The molecule has 1 heterocycles. The van der Waals surface area contributed by atoms with Gasteiger partial charge in [0.1, 0.15) is 28.6 Å². The van der Waals surface area contributed by atoms with Gasteiger partial charge in [0.2, 0.25) is 0 Å². The summed E-state index contributed by atoms with van der Waals surface area (Å²) in [6.07, 6.45) is 1.33. The number of nitrogens with zero attached hydrogens (tertiary/aromatic N) is 1. The van der Waals surface area contributed by atoms with Crippen LogP contribution >= 0.6 is 11.6 Å². The van der Waals surface area contributed by atoms with E-state index in [-0.39, 0.29) is 27.8 Å². The van der Waals surface area contributed by atoms with Gasteiger partial charge in [-0.1, -0.05) is 11.6 Å². The number of carbonyl (C=O) groups excluding carboxylic acids is 3.